The Morgan fingerprint density at radius 2 is 1.94 bits per heavy atom. The lowest BCUT2D eigenvalue weighted by atomic mass is 9.98. The minimum atomic E-state index is 0.193. The van der Waals surface area contributed by atoms with Crippen molar-refractivity contribution in [3.05, 3.63) is 18.2 Å². The SMILES string of the molecule is N#CC1CCN(c2cccc(N)c2N)CC1. The van der Waals surface area contributed by atoms with Crippen LogP contribution in [0.1, 0.15) is 12.8 Å². The number of nitrogen functional groups attached to an aromatic ring is 2. The topological polar surface area (TPSA) is 79.1 Å². The van der Waals surface area contributed by atoms with Gasteiger partial charge in [-0.25, -0.2) is 0 Å². The van der Waals surface area contributed by atoms with Gasteiger partial charge in [0.05, 0.1) is 23.1 Å². The molecule has 1 heterocycles. The number of nitriles is 1. The Bertz CT molecular complexity index is 414. The van der Waals surface area contributed by atoms with Crippen molar-refractivity contribution in [2.24, 2.45) is 5.92 Å². The van der Waals surface area contributed by atoms with Gasteiger partial charge in [-0.2, -0.15) is 5.26 Å². The van der Waals surface area contributed by atoms with Crippen molar-refractivity contribution in [1.29, 1.82) is 5.26 Å². The highest BCUT2D eigenvalue weighted by molar-refractivity contribution is 5.79. The van der Waals surface area contributed by atoms with E-state index in [-0.39, 0.29) is 5.92 Å². The molecule has 0 radical (unpaired) electrons. The summed E-state index contributed by atoms with van der Waals surface area (Å²) in [7, 11) is 0. The Balaban J connectivity index is 2.15. The molecule has 1 fully saturated rings. The van der Waals surface area contributed by atoms with Crippen LogP contribution < -0.4 is 16.4 Å². The third kappa shape index (κ3) is 1.89. The van der Waals surface area contributed by atoms with Crippen molar-refractivity contribution in [2.45, 2.75) is 12.8 Å². The van der Waals surface area contributed by atoms with Crippen LogP contribution >= 0.6 is 0 Å². The van der Waals surface area contributed by atoms with Crippen LogP contribution in [0, 0.1) is 17.2 Å². The Kier molecular flexibility index (Phi) is 2.86. The fraction of sp³-hybridized carbons (Fsp3) is 0.417. The van der Waals surface area contributed by atoms with E-state index in [1.165, 1.54) is 0 Å². The first-order valence-electron chi connectivity index (χ1n) is 5.51. The third-order valence-electron chi connectivity index (χ3n) is 3.14. The van der Waals surface area contributed by atoms with E-state index in [2.05, 4.69) is 11.0 Å². The molecule has 4 nitrogen and oxygen atoms in total. The van der Waals surface area contributed by atoms with E-state index in [1.54, 1.807) is 6.07 Å². The van der Waals surface area contributed by atoms with Gasteiger partial charge in [0.15, 0.2) is 0 Å². The van der Waals surface area contributed by atoms with Gasteiger partial charge in [-0.15, -0.1) is 0 Å². The Morgan fingerprint density at radius 3 is 2.56 bits per heavy atom. The summed E-state index contributed by atoms with van der Waals surface area (Å²) >= 11 is 0. The minimum absolute atomic E-state index is 0.193. The molecule has 1 aliphatic heterocycles. The standard InChI is InChI=1S/C12H16N4/c13-8-9-4-6-16(7-5-9)11-3-1-2-10(14)12(11)15/h1-3,9H,4-7,14-15H2. The van der Waals surface area contributed by atoms with E-state index in [0.717, 1.165) is 31.6 Å². The van der Waals surface area contributed by atoms with Gasteiger partial charge in [-0.1, -0.05) is 6.07 Å². The van der Waals surface area contributed by atoms with E-state index in [1.807, 2.05) is 12.1 Å². The van der Waals surface area contributed by atoms with Gasteiger partial charge < -0.3 is 16.4 Å². The molecule has 84 valence electrons. The fourth-order valence-electron chi connectivity index (χ4n) is 2.10. The summed E-state index contributed by atoms with van der Waals surface area (Å²) in [4.78, 5) is 2.21. The molecular formula is C12H16N4. The van der Waals surface area contributed by atoms with Gasteiger partial charge in [0, 0.05) is 19.0 Å². The number of hydrogen-bond acceptors (Lipinski definition) is 4. The average molecular weight is 216 g/mol. The quantitative estimate of drug-likeness (QED) is 0.699. The third-order valence-corrected chi connectivity index (χ3v) is 3.14. The van der Waals surface area contributed by atoms with Crippen LogP contribution in [0.25, 0.3) is 0 Å². The van der Waals surface area contributed by atoms with E-state index >= 15 is 0 Å². The molecule has 2 rings (SSSR count). The van der Waals surface area contributed by atoms with Crippen molar-refractivity contribution in [1.82, 2.24) is 0 Å². The fourth-order valence-corrected chi connectivity index (χ4v) is 2.10. The maximum absolute atomic E-state index is 8.83. The molecule has 0 bridgehead atoms. The van der Waals surface area contributed by atoms with Crippen LogP contribution in [-0.2, 0) is 0 Å². The number of nitrogens with zero attached hydrogens (tertiary/aromatic N) is 2. The summed E-state index contributed by atoms with van der Waals surface area (Å²) in [6, 6.07) is 8.02. The van der Waals surface area contributed by atoms with Crippen LogP contribution in [0.3, 0.4) is 0 Å². The van der Waals surface area contributed by atoms with Gasteiger partial charge in [0.25, 0.3) is 0 Å². The van der Waals surface area contributed by atoms with Crippen LogP contribution in [0.5, 0.6) is 0 Å². The summed E-state index contributed by atoms with van der Waals surface area (Å²) in [6.07, 6.45) is 1.81. The lowest BCUT2D eigenvalue weighted by Crippen LogP contribution is -2.33. The van der Waals surface area contributed by atoms with Crippen molar-refractivity contribution < 1.29 is 0 Å². The minimum Gasteiger partial charge on any atom is -0.397 e. The molecule has 4 heteroatoms. The molecule has 4 N–H and O–H groups in total. The van der Waals surface area contributed by atoms with Crippen LogP contribution in [0.4, 0.5) is 17.1 Å². The predicted octanol–water partition coefficient (Wildman–Crippen LogP) is 1.59. The Labute approximate surface area is 95.4 Å². The Hall–Kier alpha value is -1.89. The van der Waals surface area contributed by atoms with Crippen molar-refractivity contribution in [2.75, 3.05) is 29.5 Å². The lowest BCUT2D eigenvalue weighted by molar-refractivity contribution is 0.488. The smallest absolute Gasteiger partial charge is 0.0785 e. The first kappa shape index (κ1) is 10.6. The molecule has 0 atom stereocenters. The highest BCUT2D eigenvalue weighted by atomic mass is 15.1. The number of hydrogen-bond donors (Lipinski definition) is 2. The number of anilines is 3. The van der Waals surface area contributed by atoms with Gasteiger partial charge >= 0.3 is 0 Å². The molecule has 0 unspecified atom stereocenters. The summed E-state index contributed by atoms with van der Waals surface area (Å²) in [5.41, 5.74) is 14.0. The van der Waals surface area contributed by atoms with Crippen molar-refractivity contribution in [3.8, 4) is 6.07 Å². The number of para-hydroxylation sites is 1. The van der Waals surface area contributed by atoms with E-state index in [4.69, 9.17) is 16.7 Å². The number of piperidine rings is 1. The summed E-state index contributed by atoms with van der Waals surface area (Å²) in [5, 5.41) is 8.83. The summed E-state index contributed by atoms with van der Waals surface area (Å²) < 4.78 is 0. The van der Waals surface area contributed by atoms with E-state index in [9.17, 15) is 0 Å². The Morgan fingerprint density at radius 1 is 1.25 bits per heavy atom. The second-order valence-electron chi connectivity index (χ2n) is 4.17. The van der Waals surface area contributed by atoms with Gasteiger partial charge in [-0.3, -0.25) is 0 Å². The number of rotatable bonds is 1. The summed E-state index contributed by atoms with van der Waals surface area (Å²) in [5.74, 6) is 0.193. The monoisotopic (exact) mass is 216 g/mol. The number of nitrogens with two attached hydrogens (primary N) is 2. The highest BCUT2D eigenvalue weighted by Gasteiger charge is 2.20. The molecule has 16 heavy (non-hydrogen) atoms. The molecule has 0 saturated carbocycles. The summed E-state index contributed by atoms with van der Waals surface area (Å²) in [6.45, 7) is 1.76. The maximum Gasteiger partial charge on any atom is 0.0785 e. The molecule has 1 aromatic carbocycles. The first-order valence-corrected chi connectivity index (χ1v) is 5.51. The molecule has 1 aromatic rings. The molecule has 1 saturated heterocycles. The zero-order valence-corrected chi connectivity index (χ0v) is 9.19. The lowest BCUT2D eigenvalue weighted by Gasteiger charge is -2.32. The molecule has 0 amide bonds. The van der Waals surface area contributed by atoms with E-state index < -0.39 is 0 Å². The average Bonchev–Trinajstić information content (AvgIpc) is 2.33. The van der Waals surface area contributed by atoms with Gasteiger partial charge in [-0.05, 0) is 25.0 Å². The molecule has 0 aliphatic carbocycles. The van der Waals surface area contributed by atoms with Crippen molar-refractivity contribution >= 4 is 17.1 Å². The van der Waals surface area contributed by atoms with Gasteiger partial charge in [0.2, 0.25) is 0 Å². The molecule has 0 aromatic heterocycles. The second-order valence-corrected chi connectivity index (χ2v) is 4.17. The van der Waals surface area contributed by atoms with Gasteiger partial charge in [0.1, 0.15) is 0 Å². The zero-order valence-electron chi connectivity index (χ0n) is 9.19. The van der Waals surface area contributed by atoms with Crippen LogP contribution in [0.15, 0.2) is 18.2 Å². The van der Waals surface area contributed by atoms with Crippen LogP contribution in [-0.4, -0.2) is 13.1 Å². The largest absolute Gasteiger partial charge is 0.397 e. The van der Waals surface area contributed by atoms with E-state index in [0.29, 0.717) is 11.4 Å². The maximum atomic E-state index is 8.83. The number of benzene rings is 1. The molecule has 0 spiro atoms. The molecule has 1 aliphatic rings. The zero-order chi connectivity index (χ0) is 11.5. The normalized spacial score (nSPS) is 17.1. The molecular weight excluding hydrogens is 200 g/mol. The highest BCUT2D eigenvalue weighted by Crippen LogP contribution is 2.31. The van der Waals surface area contributed by atoms with Crippen molar-refractivity contribution in [3.63, 3.8) is 0 Å². The second kappa shape index (κ2) is 4.31. The predicted molar refractivity (Wildman–Crippen MR) is 65.8 cm³/mol. The first-order chi connectivity index (χ1) is 7.72. The van der Waals surface area contributed by atoms with Crippen LogP contribution in [0.2, 0.25) is 0 Å².